The molecular formula is C13H12ClN3O. The van der Waals surface area contributed by atoms with Crippen molar-refractivity contribution in [2.75, 3.05) is 0 Å². The Kier molecular flexibility index (Phi) is 2.80. The maximum atomic E-state index is 11.8. The molecule has 0 bridgehead atoms. The topological polar surface area (TPSA) is 57.8 Å². The second-order valence-electron chi connectivity index (χ2n) is 4.42. The number of rotatable bonds is 3. The molecule has 1 aliphatic rings. The van der Waals surface area contributed by atoms with Gasteiger partial charge in [0.15, 0.2) is 0 Å². The van der Waals surface area contributed by atoms with E-state index in [1.54, 1.807) is 18.2 Å². The van der Waals surface area contributed by atoms with E-state index in [2.05, 4.69) is 15.5 Å². The lowest BCUT2D eigenvalue weighted by atomic mass is 10.1. The van der Waals surface area contributed by atoms with Gasteiger partial charge in [-0.1, -0.05) is 23.7 Å². The van der Waals surface area contributed by atoms with Crippen LogP contribution in [0.5, 0.6) is 0 Å². The Morgan fingerprint density at radius 2 is 2.06 bits per heavy atom. The summed E-state index contributed by atoms with van der Waals surface area (Å²) >= 11 is 5.83. The number of halogens is 1. The second kappa shape index (κ2) is 4.46. The zero-order valence-electron chi connectivity index (χ0n) is 9.61. The van der Waals surface area contributed by atoms with Crippen molar-refractivity contribution in [3.05, 3.63) is 41.0 Å². The number of aromatic nitrogens is 2. The average Bonchev–Trinajstić information content (AvgIpc) is 3.04. The molecule has 1 fully saturated rings. The zero-order valence-corrected chi connectivity index (χ0v) is 10.4. The van der Waals surface area contributed by atoms with Crippen molar-refractivity contribution in [1.29, 1.82) is 0 Å². The highest BCUT2D eigenvalue weighted by Gasteiger charge is 2.24. The average molecular weight is 262 g/mol. The molecule has 0 radical (unpaired) electrons. The van der Waals surface area contributed by atoms with Crippen molar-refractivity contribution in [2.24, 2.45) is 0 Å². The van der Waals surface area contributed by atoms with Gasteiger partial charge in [-0.2, -0.15) is 5.10 Å². The Labute approximate surface area is 109 Å². The maximum absolute atomic E-state index is 11.8. The van der Waals surface area contributed by atoms with Gasteiger partial charge in [-0.15, -0.1) is 0 Å². The SMILES string of the molecule is O=C(NC1CC1)c1cc(-c2ccc(Cl)cc2)n[nH]1. The summed E-state index contributed by atoms with van der Waals surface area (Å²) in [6, 6.07) is 9.45. The molecule has 1 heterocycles. The van der Waals surface area contributed by atoms with E-state index >= 15 is 0 Å². The summed E-state index contributed by atoms with van der Waals surface area (Å²) in [6.07, 6.45) is 2.15. The Bertz CT molecular complexity index is 572. The van der Waals surface area contributed by atoms with Crippen molar-refractivity contribution >= 4 is 17.5 Å². The van der Waals surface area contributed by atoms with E-state index in [9.17, 15) is 4.79 Å². The van der Waals surface area contributed by atoms with Crippen molar-refractivity contribution in [2.45, 2.75) is 18.9 Å². The number of carbonyl (C=O) groups is 1. The molecule has 0 unspecified atom stereocenters. The third kappa shape index (κ3) is 2.38. The van der Waals surface area contributed by atoms with Crippen molar-refractivity contribution in [1.82, 2.24) is 15.5 Å². The number of hydrogen-bond acceptors (Lipinski definition) is 2. The van der Waals surface area contributed by atoms with Crippen LogP contribution in [-0.2, 0) is 0 Å². The minimum atomic E-state index is -0.0924. The molecule has 1 saturated carbocycles. The van der Waals surface area contributed by atoms with E-state index in [0.29, 0.717) is 16.8 Å². The Morgan fingerprint density at radius 1 is 1.33 bits per heavy atom. The highest BCUT2D eigenvalue weighted by molar-refractivity contribution is 6.30. The van der Waals surface area contributed by atoms with Crippen LogP contribution in [0.2, 0.25) is 5.02 Å². The number of nitrogens with one attached hydrogen (secondary N) is 2. The summed E-state index contributed by atoms with van der Waals surface area (Å²) in [5, 5.41) is 10.5. The van der Waals surface area contributed by atoms with E-state index in [1.165, 1.54) is 0 Å². The summed E-state index contributed by atoms with van der Waals surface area (Å²) in [5.74, 6) is -0.0924. The summed E-state index contributed by atoms with van der Waals surface area (Å²) in [5.41, 5.74) is 2.17. The third-order valence-corrected chi connectivity index (χ3v) is 3.13. The van der Waals surface area contributed by atoms with Crippen LogP contribution in [0.4, 0.5) is 0 Å². The minimum Gasteiger partial charge on any atom is -0.348 e. The molecule has 1 aromatic carbocycles. The van der Waals surface area contributed by atoms with Crippen LogP contribution in [0.25, 0.3) is 11.3 Å². The zero-order chi connectivity index (χ0) is 12.5. The molecule has 2 aromatic rings. The van der Waals surface area contributed by atoms with Gasteiger partial charge < -0.3 is 5.32 Å². The molecule has 92 valence electrons. The molecule has 0 spiro atoms. The van der Waals surface area contributed by atoms with Crippen LogP contribution in [0.15, 0.2) is 30.3 Å². The van der Waals surface area contributed by atoms with Gasteiger partial charge in [-0.25, -0.2) is 0 Å². The number of carbonyl (C=O) groups excluding carboxylic acids is 1. The van der Waals surface area contributed by atoms with Crippen LogP contribution >= 0.6 is 11.6 Å². The van der Waals surface area contributed by atoms with E-state index in [1.807, 2.05) is 12.1 Å². The Morgan fingerprint density at radius 3 is 2.72 bits per heavy atom. The van der Waals surface area contributed by atoms with Crippen LogP contribution in [0.1, 0.15) is 23.3 Å². The quantitative estimate of drug-likeness (QED) is 0.892. The van der Waals surface area contributed by atoms with Gasteiger partial charge in [-0.05, 0) is 31.0 Å². The molecule has 1 aromatic heterocycles. The molecule has 4 nitrogen and oxygen atoms in total. The normalized spacial score (nSPS) is 14.5. The van der Waals surface area contributed by atoms with E-state index in [-0.39, 0.29) is 5.91 Å². The van der Waals surface area contributed by atoms with Gasteiger partial charge >= 0.3 is 0 Å². The number of aromatic amines is 1. The molecule has 18 heavy (non-hydrogen) atoms. The first-order valence-corrected chi connectivity index (χ1v) is 6.22. The number of H-pyrrole nitrogens is 1. The predicted molar refractivity (Wildman–Crippen MR) is 69.5 cm³/mol. The number of nitrogens with zero attached hydrogens (tertiary/aromatic N) is 1. The fourth-order valence-electron chi connectivity index (χ4n) is 1.70. The molecule has 0 saturated heterocycles. The molecule has 1 amide bonds. The van der Waals surface area contributed by atoms with Crippen LogP contribution in [0, 0.1) is 0 Å². The Hall–Kier alpha value is -1.81. The number of benzene rings is 1. The van der Waals surface area contributed by atoms with Gasteiger partial charge in [0.1, 0.15) is 5.69 Å². The Balaban J connectivity index is 1.79. The number of hydrogen-bond donors (Lipinski definition) is 2. The highest BCUT2D eigenvalue weighted by atomic mass is 35.5. The van der Waals surface area contributed by atoms with Gasteiger partial charge in [0, 0.05) is 16.6 Å². The standard InChI is InChI=1S/C13H12ClN3O/c14-9-3-1-8(2-4-9)11-7-12(17-16-11)13(18)15-10-5-6-10/h1-4,7,10H,5-6H2,(H,15,18)(H,16,17). The fraction of sp³-hybridized carbons (Fsp3) is 0.231. The first-order chi connectivity index (χ1) is 8.72. The first kappa shape index (κ1) is 11.3. The summed E-state index contributed by atoms with van der Waals surface area (Å²) in [4.78, 5) is 11.8. The van der Waals surface area contributed by atoms with Crippen molar-refractivity contribution in [3.8, 4) is 11.3 Å². The lowest BCUT2D eigenvalue weighted by Crippen LogP contribution is -2.25. The number of amides is 1. The van der Waals surface area contributed by atoms with Crippen molar-refractivity contribution in [3.63, 3.8) is 0 Å². The maximum Gasteiger partial charge on any atom is 0.269 e. The lowest BCUT2D eigenvalue weighted by Gasteiger charge is -1.98. The fourth-order valence-corrected chi connectivity index (χ4v) is 1.82. The molecular weight excluding hydrogens is 250 g/mol. The summed E-state index contributed by atoms with van der Waals surface area (Å²) in [6.45, 7) is 0. The minimum absolute atomic E-state index is 0.0924. The van der Waals surface area contributed by atoms with Gasteiger partial charge in [0.2, 0.25) is 0 Å². The summed E-state index contributed by atoms with van der Waals surface area (Å²) in [7, 11) is 0. The van der Waals surface area contributed by atoms with Crippen LogP contribution < -0.4 is 5.32 Å². The molecule has 0 atom stereocenters. The smallest absolute Gasteiger partial charge is 0.269 e. The largest absolute Gasteiger partial charge is 0.348 e. The summed E-state index contributed by atoms with van der Waals surface area (Å²) < 4.78 is 0. The monoisotopic (exact) mass is 261 g/mol. The van der Waals surface area contributed by atoms with E-state index < -0.39 is 0 Å². The predicted octanol–water partition coefficient (Wildman–Crippen LogP) is 2.62. The van der Waals surface area contributed by atoms with E-state index in [4.69, 9.17) is 11.6 Å². The lowest BCUT2D eigenvalue weighted by molar-refractivity contribution is 0.0946. The molecule has 5 heteroatoms. The van der Waals surface area contributed by atoms with Gasteiger partial charge in [0.25, 0.3) is 5.91 Å². The van der Waals surface area contributed by atoms with Gasteiger partial charge in [-0.3, -0.25) is 9.89 Å². The highest BCUT2D eigenvalue weighted by Crippen LogP contribution is 2.22. The van der Waals surface area contributed by atoms with Gasteiger partial charge in [0.05, 0.1) is 5.69 Å². The molecule has 0 aliphatic heterocycles. The molecule has 3 rings (SSSR count). The first-order valence-electron chi connectivity index (χ1n) is 5.84. The third-order valence-electron chi connectivity index (χ3n) is 2.88. The molecule has 1 aliphatic carbocycles. The van der Waals surface area contributed by atoms with Crippen LogP contribution in [-0.4, -0.2) is 22.1 Å². The molecule has 2 N–H and O–H groups in total. The van der Waals surface area contributed by atoms with E-state index in [0.717, 1.165) is 24.1 Å². The van der Waals surface area contributed by atoms with Crippen LogP contribution in [0.3, 0.4) is 0 Å². The second-order valence-corrected chi connectivity index (χ2v) is 4.86. The van der Waals surface area contributed by atoms with Crippen molar-refractivity contribution < 1.29 is 4.79 Å².